The Bertz CT molecular complexity index is 617. The van der Waals surface area contributed by atoms with Gasteiger partial charge in [-0.05, 0) is 35.9 Å². The van der Waals surface area contributed by atoms with Crippen LogP contribution >= 0.6 is 11.8 Å². The molecular formula is C14H19N5O2S. The van der Waals surface area contributed by atoms with Crippen molar-refractivity contribution in [3.8, 4) is 11.4 Å². The lowest BCUT2D eigenvalue weighted by atomic mass is 10.3. The van der Waals surface area contributed by atoms with E-state index in [0.29, 0.717) is 24.1 Å². The van der Waals surface area contributed by atoms with Crippen molar-refractivity contribution >= 4 is 17.7 Å². The number of ether oxygens (including phenoxy) is 1. The monoisotopic (exact) mass is 321 g/mol. The minimum atomic E-state index is -0.0282. The first-order valence-electron chi connectivity index (χ1n) is 7.16. The zero-order valence-electron chi connectivity index (χ0n) is 12.7. The second-order valence-electron chi connectivity index (χ2n) is 4.41. The Labute approximate surface area is 133 Å². The van der Waals surface area contributed by atoms with Crippen molar-refractivity contribution < 1.29 is 9.53 Å². The molecule has 0 radical (unpaired) electrons. The third-order valence-electron chi connectivity index (χ3n) is 2.74. The molecule has 7 nitrogen and oxygen atoms in total. The van der Waals surface area contributed by atoms with Crippen molar-refractivity contribution in [3.63, 3.8) is 0 Å². The highest BCUT2D eigenvalue weighted by atomic mass is 32.2. The Kier molecular flexibility index (Phi) is 6.20. The molecule has 0 aliphatic heterocycles. The first-order valence-corrected chi connectivity index (χ1v) is 8.14. The van der Waals surface area contributed by atoms with Crippen LogP contribution in [0.3, 0.4) is 0 Å². The summed E-state index contributed by atoms with van der Waals surface area (Å²) < 4.78 is 7.18. The van der Waals surface area contributed by atoms with Crippen LogP contribution in [0.1, 0.15) is 20.3 Å². The van der Waals surface area contributed by atoms with Gasteiger partial charge >= 0.3 is 0 Å². The summed E-state index contributed by atoms with van der Waals surface area (Å²) in [6, 6.07) is 7.53. The third kappa shape index (κ3) is 4.20. The van der Waals surface area contributed by atoms with Crippen LogP contribution in [0.4, 0.5) is 0 Å². The van der Waals surface area contributed by atoms with E-state index < -0.39 is 0 Å². The highest BCUT2D eigenvalue weighted by Crippen LogP contribution is 2.25. The summed E-state index contributed by atoms with van der Waals surface area (Å²) in [5, 5.41) is 15.0. The quantitative estimate of drug-likeness (QED) is 0.745. The molecule has 1 heterocycles. The molecule has 1 aromatic carbocycles. The van der Waals surface area contributed by atoms with E-state index in [1.165, 1.54) is 11.8 Å². The standard InChI is InChI=1S/C14H19N5O2S/c1-3-9-15-13(20)10-22-14-16-17-18-19(14)11-7-5-6-8-12(11)21-4-2/h5-8H,3-4,9-10H2,1-2H3,(H,15,20). The van der Waals surface area contributed by atoms with E-state index in [4.69, 9.17) is 4.74 Å². The molecule has 1 aromatic heterocycles. The largest absolute Gasteiger partial charge is 0.492 e. The zero-order valence-corrected chi connectivity index (χ0v) is 13.5. The Hall–Kier alpha value is -2.09. The third-order valence-corrected chi connectivity index (χ3v) is 3.66. The van der Waals surface area contributed by atoms with Crippen LogP contribution in [0.2, 0.25) is 0 Å². The van der Waals surface area contributed by atoms with Gasteiger partial charge in [-0.3, -0.25) is 4.79 Å². The van der Waals surface area contributed by atoms with Crippen molar-refractivity contribution in [2.24, 2.45) is 0 Å². The van der Waals surface area contributed by atoms with E-state index in [9.17, 15) is 4.79 Å². The molecule has 0 fully saturated rings. The van der Waals surface area contributed by atoms with Crippen LogP contribution in [0.15, 0.2) is 29.4 Å². The molecule has 0 unspecified atom stereocenters. The normalized spacial score (nSPS) is 10.5. The van der Waals surface area contributed by atoms with Crippen LogP contribution < -0.4 is 10.1 Å². The zero-order chi connectivity index (χ0) is 15.8. The summed E-state index contributed by atoms with van der Waals surface area (Å²) >= 11 is 1.29. The van der Waals surface area contributed by atoms with Crippen molar-refractivity contribution in [1.82, 2.24) is 25.5 Å². The number of hydrogen-bond donors (Lipinski definition) is 1. The number of aromatic nitrogens is 4. The average molecular weight is 321 g/mol. The Balaban J connectivity index is 2.11. The van der Waals surface area contributed by atoms with Gasteiger partial charge < -0.3 is 10.1 Å². The van der Waals surface area contributed by atoms with Gasteiger partial charge in [0.25, 0.3) is 0 Å². The lowest BCUT2D eigenvalue weighted by Crippen LogP contribution is -2.25. The van der Waals surface area contributed by atoms with Gasteiger partial charge in [0.15, 0.2) is 0 Å². The van der Waals surface area contributed by atoms with E-state index in [1.807, 2.05) is 38.1 Å². The fourth-order valence-corrected chi connectivity index (χ4v) is 2.49. The Morgan fingerprint density at radius 2 is 2.18 bits per heavy atom. The minimum Gasteiger partial charge on any atom is -0.492 e. The fraction of sp³-hybridized carbons (Fsp3) is 0.429. The minimum absolute atomic E-state index is 0.0282. The number of nitrogens with zero attached hydrogens (tertiary/aromatic N) is 4. The first kappa shape index (κ1) is 16.3. The highest BCUT2D eigenvalue weighted by Gasteiger charge is 2.14. The molecule has 22 heavy (non-hydrogen) atoms. The van der Waals surface area contributed by atoms with Crippen molar-refractivity contribution in [2.75, 3.05) is 18.9 Å². The fourth-order valence-electron chi connectivity index (χ4n) is 1.78. The number of benzene rings is 1. The van der Waals surface area contributed by atoms with Gasteiger partial charge in [-0.1, -0.05) is 30.8 Å². The summed E-state index contributed by atoms with van der Waals surface area (Å²) in [5.41, 5.74) is 0.755. The van der Waals surface area contributed by atoms with Crippen LogP contribution in [-0.4, -0.2) is 45.0 Å². The molecule has 1 amide bonds. The van der Waals surface area contributed by atoms with E-state index in [1.54, 1.807) is 4.68 Å². The summed E-state index contributed by atoms with van der Waals surface area (Å²) in [6.07, 6.45) is 0.913. The number of thioether (sulfide) groups is 1. The predicted octanol–water partition coefficient (Wildman–Crippen LogP) is 1.68. The van der Waals surface area contributed by atoms with E-state index in [0.717, 1.165) is 12.1 Å². The number of tetrazole rings is 1. The molecule has 0 bridgehead atoms. The molecule has 0 saturated heterocycles. The predicted molar refractivity (Wildman–Crippen MR) is 84.3 cm³/mol. The molecule has 0 atom stereocenters. The van der Waals surface area contributed by atoms with Crippen molar-refractivity contribution in [1.29, 1.82) is 0 Å². The molecule has 8 heteroatoms. The SMILES string of the molecule is CCCNC(=O)CSc1nnnn1-c1ccccc1OCC. The lowest BCUT2D eigenvalue weighted by molar-refractivity contribution is -0.118. The molecule has 118 valence electrons. The number of amides is 1. The van der Waals surface area contributed by atoms with E-state index in [-0.39, 0.29) is 11.7 Å². The first-order chi connectivity index (χ1) is 10.8. The Morgan fingerprint density at radius 1 is 1.36 bits per heavy atom. The van der Waals surface area contributed by atoms with Crippen molar-refractivity contribution in [3.05, 3.63) is 24.3 Å². The number of para-hydroxylation sites is 2. The lowest BCUT2D eigenvalue weighted by Gasteiger charge is -2.10. The topological polar surface area (TPSA) is 81.9 Å². The maximum absolute atomic E-state index is 11.7. The van der Waals surface area contributed by atoms with Gasteiger partial charge in [0.1, 0.15) is 11.4 Å². The number of carbonyl (C=O) groups excluding carboxylic acids is 1. The van der Waals surface area contributed by atoms with Gasteiger partial charge in [-0.15, -0.1) is 5.10 Å². The van der Waals surface area contributed by atoms with Gasteiger partial charge in [0, 0.05) is 6.54 Å². The van der Waals surface area contributed by atoms with E-state index in [2.05, 4.69) is 20.8 Å². The maximum atomic E-state index is 11.7. The van der Waals surface area contributed by atoms with Gasteiger partial charge in [0.2, 0.25) is 11.1 Å². The molecular weight excluding hydrogens is 302 g/mol. The van der Waals surface area contributed by atoms with Crippen LogP contribution in [0.5, 0.6) is 5.75 Å². The Morgan fingerprint density at radius 3 is 2.95 bits per heavy atom. The van der Waals surface area contributed by atoms with Crippen LogP contribution in [0.25, 0.3) is 5.69 Å². The number of rotatable bonds is 8. The van der Waals surface area contributed by atoms with Gasteiger partial charge in [-0.25, -0.2) is 0 Å². The second-order valence-corrected chi connectivity index (χ2v) is 5.36. The van der Waals surface area contributed by atoms with Crippen LogP contribution in [0, 0.1) is 0 Å². The summed E-state index contributed by atoms with van der Waals surface area (Å²) in [6.45, 7) is 5.17. The van der Waals surface area contributed by atoms with Gasteiger partial charge in [0.05, 0.1) is 12.4 Å². The molecule has 0 aliphatic carbocycles. The molecule has 1 N–H and O–H groups in total. The van der Waals surface area contributed by atoms with Gasteiger partial charge in [-0.2, -0.15) is 4.68 Å². The maximum Gasteiger partial charge on any atom is 0.230 e. The molecule has 2 aromatic rings. The summed E-state index contributed by atoms with van der Waals surface area (Å²) in [7, 11) is 0. The summed E-state index contributed by atoms with van der Waals surface area (Å²) in [4.78, 5) is 11.7. The van der Waals surface area contributed by atoms with Crippen LogP contribution in [-0.2, 0) is 4.79 Å². The molecule has 0 saturated carbocycles. The smallest absolute Gasteiger partial charge is 0.230 e. The average Bonchev–Trinajstić information content (AvgIpc) is 3.00. The highest BCUT2D eigenvalue weighted by molar-refractivity contribution is 7.99. The molecule has 2 rings (SSSR count). The number of nitrogens with one attached hydrogen (secondary N) is 1. The number of hydrogen-bond acceptors (Lipinski definition) is 6. The number of carbonyl (C=O) groups is 1. The second kappa shape index (κ2) is 8.38. The van der Waals surface area contributed by atoms with E-state index >= 15 is 0 Å². The summed E-state index contributed by atoms with van der Waals surface area (Å²) in [5.74, 6) is 0.950. The molecule has 0 spiro atoms. The van der Waals surface area contributed by atoms with Crippen molar-refractivity contribution in [2.45, 2.75) is 25.4 Å². The molecule has 0 aliphatic rings.